The molecule has 0 bridgehead atoms. The van der Waals surface area contributed by atoms with E-state index in [9.17, 15) is 9.70 Å². The fourth-order valence-corrected chi connectivity index (χ4v) is 3.56. The fraction of sp³-hybridized carbons (Fsp3) is 0.357. The summed E-state index contributed by atoms with van der Waals surface area (Å²) in [5.74, 6) is 0.599. The van der Waals surface area contributed by atoms with E-state index in [2.05, 4.69) is 24.0 Å². The van der Waals surface area contributed by atoms with E-state index in [-0.39, 0.29) is 5.63 Å². The van der Waals surface area contributed by atoms with Crippen molar-refractivity contribution < 1.29 is 4.42 Å². The number of nitrogens with zero attached hydrogens (tertiary/aromatic N) is 1. The van der Waals surface area contributed by atoms with E-state index in [0.29, 0.717) is 22.9 Å². The first-order chi connectivity index (χ1) is 16.8. The van der Waals surface area contributed by atoms with Gasteiger partial charge in [-0.2, -0.15) is 0 Å². The maximum absolute atomic E-state index is 11.2. The van der Waals surface area contributed by atoms with Crippen LogP contribution in [0.5, 0.6) is 0 Å². The normalized spacial score (nSPS) is 11.7. The van der Waals surface area contributed by atoms with Gasteiger partial charge in [-0.3, -0.25) is 0 Å². The van der Waals surface area contributed by atoms with Crippen LogP contribution in [0.2, 0.25) is 5.02 Å². The molecule has 1 aromatic heterocycles. The number of halogens is 1. The van der Waals surface area contributed by atoms with Crippen LogP contribution in [-0.4, -0.2) is 4.99 Å². The molecule has 1 aromatic carbocycles. The number of fused-ring (bicyclic) bond motifs is 1. The summed E-state index contributed by atoms with van der Waals surface area (Å²) < 4.78 is 5.18. The highest BCUT2D eigenvalue weighted by Crippen LogP contribution is 2.27. The zero-order chi connectivity index (χ0) is 26.2. The molecule has 2 aromatic rings. The van der Waals surface area contributed by atoms with Crippen molar-refractivity contribution in [1.29, 1.82) is 0 Å². The Morgan fingerprint density at radius 2 is 1.83 bits per heavy atom. The molecule has 0 aliphatic heterocycles. The minimum atomic E-state index is -0.363. The standard InChI is InChI=1S/C16H19NO3.C10H10ClNS.C2H6/c1-2-3-4-5-6-12-11-13-7-10-16(18)20-15(13)9-8-14(12)17-19;1-7(12-8(2)13)9-3-5-10(11)6-4-9;1-2/h7-8,10-11H,2-6,9H2,1H3;3-6H,1H2,2H3,(H,12,13);1-2H3. The van der Waals surface area contributed by atoms with Gasteiger partial charge in [-0.25, -0.2) is 4.79 Å². The SMILES string of the molecule is C=C(NC(C)=S)c1ccc(Cl)cc1.CC.CCCCCCC1=Cc2ccc(=O)oc2CC=C1N=O. The first kappa shape index (κ1) is 30.2. The van der Waals surface area contributed by atoms with Crippen LogP contribution in [0.1, 0.15) is 76.7 Å². The molecule has 3 rings (SSSR count). The summed E-state index contributed by atoms with van der Waals surface area (Å²) in [6.45, 7) is 11.8. The van der Waals surface area contributed by atoms with Crippen LogP contribution in [0.4, 0.5) is 0 Å². The van der Waals surface area contributed by atoms with Gasteiger partial charge in [0.05, 0.1) is 4.99 Å². The second-order valence-electron chi connectivity index (χ2n) is 7.66. The van der Waals surface area contributed by atoms with Crippen LogP contribution in [0, 0.1) is 4.91 Å². The molecule has 0 spiro atoms. The number of hydrogen-bond donors (Lipinski definition) is 1. The third-order valence-corrected chi connectivity index (χ3v) is 5.36. The summed E-state index contributed by atoms with van der Waals surface area (Å²) in [6.07, 6.45) is 9.50. The Balaban J connectivity index is 0.000000354. The maximum atomic E-state index is 11.2. The van der Waals surface area contributed by atoms with Gasteiger partial charge >= 0.3 is 5.63 Å². The number of allylic oxidation sites excluding steroid dienone is 2. The molecule has 7 heteroatoms. The number of benzene rings is 1. The molecule has 35 heavy (non-hydrogen) atoms. The molecule has 0 radical (unpaired) electrons. The van der Waals surface area contributed by atoms with E-state index in [1.165, 1.54) is 18.9 Å². The minimum Gasteiger partial charge on any atom is -0.427 e. The van der Waals surface area contributed by atoms with Gasteiger partial charge in [0.1, 0.15) is 11.5 Å². The fourth-order valence-electron chi connectivity index (χ4n) is 3.31. The van der Waals surface area contributed by atoms with Crippen molar-refractivity contribution in [3.05, 3.63) is 97.6 Å². The Labute approximate surface area is 219 Å². The van der Waals surface area contributed by atoms with Crippen LogP contribution in [0.25, 0.3) is 11.8 Å². The molecule has 1 heterocycles. The average molecular weight is 515 g/mol. The van der Waals surface area contributed by atoms with E-state index in [4.69, 9.17) is 28.2 Å². The van der Waals surface area contributed by atoms with Gasteiger partial charge in [0.2, 0.25) is 0 Å². The second-order valence-corrected chi connectivity index (χ2v) is 8.71. The van der Waals surface area contributed by atoms with Gasteiger partial charge in [-0.15, -0.1) is 4.91 Å². The molecule has 1 aliphatic rings. The molecular weight excluding hydrogens is 480 g/mol. The predicted octanol–water partition coefficient (Wildman–Crippen LogP) is 8.47. The Bertz CT molecular complexity index is 1100. The highest BCUT2D eigenvalue weighted by atomic mass is 35.5. The number of thiocarbonyl (C=S) groups is 1. The second kappa shape index (κ2) is 16.7. The largest absolute Gasteiger partial charge is 0.427 e. The molecule has 188 valence electrons. The number of nitrogens with one attached hydrogen (secondary N) is 1. The Morgan fingerprint density at radius 3 is 2.43 bits per heavy atom. The third kappa shape index (κ3) is 11.0. The maximum Gasteiger partial charge on any atom is 0.335 e. The van der Waals surface area contributed by atoms with Crippen molar-refractivity contribution in [3.63, 3.8) is 0 Å². The monoisotopic (exact) mass is 514 g/mol. The van der Waals surface area contributed by atoms with Crippen LogP contribution < -0.4 is 10.9 Å². The van der Waals surface area contributed by atoms with Crippen LogP contribution in [-0.2, 0) is 6.42 Å². The highest BCUT2D eigenvalue weighted by Gasteiger charge is 2.14. The summed E-state index contributed by atoms with van der Waals surface area (Å²) in [4.78, 5) is 22.9. The van der Waals surface area contributed by atoms with Crippen molar-refractivity contribution in [2.75, 3.05) is 0 Å². The molecule has 5 nitrogen and oxygen atoms in total. The minimum absolute atomic E-state index is 0.363. The van der Waals surface area contributed by atoms with Gasteiger partial charge in [-0.05, 0) is 66.4 Å². The molecule has 0 unspecified atom stereocenters. The van der Waals surface area contributed by atoms with Gasteiger partial charge in [0, 0.05) is 28.8 Å². The van der Waals surface area contributed by atoms with Crippen molar-refractivity contribution >= 4 is 40.6 Å². The summed E-state index contributed by atoms with van der Waals surface area (Å²) in [6, 6.07) is 10.6. The lowest BCUT2D eigenvalue weighted by Gasteiger charge is -2.07. The average Bonchev–Trinajstić information content (AvgIpc) is 3.02. The molecule has 1 aliphatic carbocycles. The Kier molecular flexibility index (Phi) is 14.4. The van der Waals surface area contributed by atoms with Crippen molar-refractivity contribution in [3.8, 4) is 0 Å². The van der Waals surface area contributed by atoms with Gasteiger partial charge in [0.25, 0.3) is 0 Å². The van der Waals surface area contributed by atoms with Gasteiger partial charge in [-0.1, -0.05) is 82.6 Å². The number of rotatable bonds is 8. The summed E-state index contributed by atoms with van der Waals surface area (Å²) in [7, 11) is 0. The van der Waals surface area contributed by atoms with Crippen LogP contribution in [0.3, 0.4) is 0 Å². The molecular formula is C28H35ClN2O3S. The summed E-state index contributed by atoms with van der Waals surface area (Å²) in [5.41, 5.74) is 3.70. The predicted molar refractivity (Wildman–Crippen MR) is 153 cm³/mol. The van der Waals surface area contributed by atoms with Crippen LogP contribution in [0.15, 0.2) is 74.7 Å². The van der Waals surface area contributed by atoms with Crippen molar-refractivity contribution in [2.45, 2.75) is 66.2 Å². The molecule has 0 saturated heterocycles. The molecule has 1 N–H and O–H groups in total. The summed E-state index contributed by atoms with van der Waals surface area (Å²) in [5, 5.41) is 6.81. The van der Waals surface area contributed by atoms with E-state index >= 15 is 0 Å². The first-order valence-electron chi connectivity index (χ1n) is 11.9. The quantitative estimate of drug-likeness (QED) is 0.217. The number of nitroso groups, excluding NO2 is 1. The third-order valence-electron chi connectivity index (χ3n) is 5.00. The van der Waals surface area contributed by atoms with Crippen molar-refractivity contribution in [2.24, 2.45) is 5.18 Å². The molecule has 0 atom stereocenters. The Morgan fingerprint density at radius 1 is 1.14 bits per heavy atom. The zero-order valence-electron chi connectivity index (χ0n) is 21.0. The van der Waals surface area contributed by atoms with E-state index in [1.54, 1.807) is 12.1 Å². The molecule has 0 amide bonds. The van der Waals surface area contributed by atoms with Crippen LogP contribution >= 0.6 is 23.8 Å². The lowest BCUT2D eigenvalue weighted by molar-refractivity contribution is 0.469. The lowest BCUT2D eigenvalue weighted by atomic mass is 10.0. The smallest absolute Gasteiger partial charge is 0.335 e. The number of unbranched alkanes of at least 4 members (excludes halogenated alkanes) is 3. The number of hydrogen-bond acceptors (Lipinski definition) is 5. The van der Waals surface area contributed by atoms with Gasteiger partial charge in [0.15, 0.2) is 0 Å². The van der Waals surface area contributed by atoms with Crippen molar-refractivity contribution in [1.82, 2.24) is 5.32 Å². The molecule has 0 saturated carbocycles. The van der Waals surface area contributed by atoms with Gasteiger partial charge < -0.3 is 9.73 Å². The Hall–Kier alpha value is -2.83. The zero-order valence-corrected chi connectivity index (χ0v) is 22.6. The van der Waals surface area contributed by atoms with E-state index in [1.807, 2.05) is 51.1 Å². The highest BCUT2D eigenvalue weighted by molar-refractivity contribution is 7.80. The molecule has 0 fully saturated rings. The topological polar surface area (TPSA) is 71.7 Å². The van der Waals surface area contributed by atoms with E-state index < -0.39 is 0 Å². The summed E-state index contributed by atoms with van der Waals surface area (Å²) >= 11 is 10.6. The first-order valence-corrected chi connectivity index (χ1v) is 12.7. The lowest BCUT2D eigenvalue weighted by Crippen LogP contribution is -2.15. The van der Waals surface area contributed by atoms with E-state index in [0.717, 1.165) is 46.7 Å².